The van der Waals surface area contributed by atoms with Crippen molar-refractivity contribution in [2.75, 3.05) is 0 Å². The Morgan fingerprint density at radius 1 is 1.25 bits per heavy atom. The summed E-state index contributed by atoms with van der Waals surface area (Å²) in [5, 5.41) is 16.2. The topological polar surface area (TPSA) is 105 Å². The summed E-state index contributed by atoms with van der Waals surface area (Å²) >= 11 is 0. The minimum absolute atomic E-state index is 0.0406. The summed E-state index contributed by atoms with van der Waals surface area (Å²) in [6.07, 6.45) is 4.64. The van der Waals surface area contributed by atoms with Crippen LogP contribution in [0.4, 0.5) is 4.39 Å². The fourth-order valence-electron chi connectivity index (χ4n) is 3.48. The zero-order valence-electron chi connectivity index (χ0n) is 15.8. The number of rotatable bonds is 6. The second-order valence-electron chi connectivity index (χ2n) is 7.33. The Kier molecular flexibility index (Phi) is 6.06. The van der Waals surface area contributed by atoms with Gasteiger partial charge in [-0.3, -0.25) is 4.79 Å². The lowest BCUT2D eigenvalue weighted by Crippen LogP contribution is -2.54. The smallest absolute Gasteiger partial charge is 0.329 e. The molecule has 28 heavy (non-hydrogen) atoms. The van der Waals surface area contributed by atoms with E-state index in [1.807, 2.05) is 0 Å². The van der Waals surface area contributed by atoms with Gasteiger partial charge in [0.15, 0.2) is 0 Å². The van der Waals surface area contributed by atoms with Crippen LogP contribution in [0.25, 0.3) is 11.4 Å². The minimum atomic E-state index is -1.19. The van der Waals surface area contributed by atoms with Gasteiger partial charge in [0.25, 0.3) is 0 Å². The number of carboxylic acid groups (broad SMARTS) is 1. The monoisotopic (exact) mass is 389 g/mol. The number of amides is 1. The van der Waals surface area contributed by atoms with E-state index in [4.69, 9.17) is 4.52 Å². The van der Waals surface area contributed by atoms with E-state index in [0.29, 0.717) is 24.0 Å². The maximum absolute atomic E-state index is 13.7. The standard InChI is InChI=1S/C20H24FN3O4/c1-13-6-7-14(12-15(13)21)18-22-17(28-24-18)9-8-16(25)23-20(19(26)27)10-4-2-3-5-11-20/h6-7,12H,2-5,8-11H2,1H3,(H,23,25)(H,26,27). The SMILES string of the molecule is Cc1ccc(-c2noc(CCC(=O)NC3(C(=O)O)CCCCCC3)n2)cc1F. The van der Waals surface area contributed by atoms with Gasteiger partial charge in [0, 0.05) is 18.4 Å². The molecule has 2 aromatic rings. The van der Waals surface area contributed by atoms with Crippen molar-refractivity contribution in [3.8, 4) is 11.4 Å². The van der Waals surface area contributed by atoms with Crippen molar-refractivity contribution in [2.45, 2.75) is 63.8 Å². The van der Waals surface area contributed by atoms with Crippen molar-refractivity contribution in [3.63, 3.8) is 0 Å². The normalized spacial score (nSPS) is 16.4. The second kappa shape index (κ2) is 8.50. The van der Waals surface area contributed by atoms with Crippen LogP contribution >= 0.6 is 0 Å². The number of aryl methyl sites for hydroxylation is 2. The number of hydrogen-bond acceptors (Lipinski definition) is 5. The molecule has 7 nitrogen and oxygen atoms in total. The third-order valence-corrected chi connectivity index (χ3v) is 5.21. The highest BCUT2D eigenvalue weighted by Gasteiger charge is 2.39. The summed E-state index contributed by atoms with van der Waals surface area (Å²) in [6.45, 7) is 1.66. The van der Waals surface area contributed by atoms with Crippen LogP contribution in [0.3, 0.4) is 0 Å². The average molecular weight is 389 g/mol. The Morgan fingerprint density at radius 3 is 2.61 bits per heavy atom. The van der Waals surface area contributed by atoms with Crippen LogP contribution in [0.2, 0.25) is 0 Å². The van der Waals surface area contributed by atoms with E-state index in [1.165, 1.54) is 6.07 Å². The molecule has 8 heteroatoms. The van der Waals surface area contributed by atoms with Gasteiger partial charge >= 0.3 is 5.97 Å². The lowest BCUT2D eigenvalue weighted by Gasteiger charge is -2.29. The van der Waals surface area contributed by atoms with Crippen molar-refractivity contribution in [3.05, 3.63) is 35.5 Å². The van der Waals surface area contributed by atoms with E-state index in [-0.39, 0.29) is 36.3 Å². The fourth-order valence-corrected chi connectivity index (χ4v) is 3.48. The van der Waals surface area contributed by atoms with E-state index < -0.39 is 11.5 Å². The number of nitrogens with zero attached hydrogens (tertiary/aromatic N) is 2. The van der Waals surface area contributed by atoms with Crippen molar-refractivity contribution in [2.24, 2.45) is 0 Å². The van der Waals surface area contributed by atoms with Gasteiger partial charge in [0.2, 0.25) is 17.6 Å². The van der Waals surface area contributed by atoms with Crippen LogP contribution in [-0.4, -0.2) is 32.7 Å². The number of aliphatic carboxylic acids is 1. The van der Waals surface area contributed by atoms with E-state index >= 15 is 0 Å². The molecule has 2 N–H and O–H groups in total. The average Bonchev–Trinajstić information content (AvgIpc) is 3.01. The molecule has 0 radical (unpaired) electrons. The van der Waals surface area contributed by atoms with Crippen molar-refractivity contribution in [1.82, 2.24) is 15.5 Å². The maximum Gasteiger partial charge on any atom is 0.329 e. The first-order valence-corrected chi connectivity index (χ1v) is 9.53. The molecule has 1 aromatic carbocycles. The van der Waals surface area contributed by atoms with E-state index in [9.17, 15) is 19.1 Å². The summed E-state index contributed by atoms with van der Waals surface area (Å²) in [5.41, 5.74) is -0.173. The third kappa shape index (κ3) is 4.55. The summed E-state index contributed by atoms with van der Waals surface area (Å²) < 4.78 is 18.8. The predicted octanol–water partition coefficient (Wildman–Crippen LogP) is 3.41. The number of halogens is 1. The van der Waals surface area contributed by atoms with Crippen molar-refractivity contribution in [1.29, 1.82) is 0 Å². The molecule has 1 heterocycles. The van der Waals surface area contributed by atoms with E-state index in [1.54, 1.807) is 19.1 Å². The highest BCUT2D eigenvalue weighted by molar-refractivity contribution is 5.87. The van der Waals surface area contributed by atoms with Gasteiger partial charge < -0.3 is 14.9 Å². The Labute approximate surface area is 162 Å². The number of carbonyl (C=O) groups excluding carboxylic acids is 1. The summed E-state index contributed by atoms with van der Waals surface area (Å²) in [5.74, 6) is -1.20. The van der Waals surface area contributed by atoms with Crippen LogP contribution in [-0.2, 0) is 16.0 Å². The number of benzene rings is 1. The highest BCUT2D eigenvalue weighted by atomic mass is 19.1. The molecule has 1 saturated carbocycles. The molecule has 150 valence electrons. The molecular formula is C20H24FN3O4. The van der Waals surface area contributed by atoms with Crippen LogP contribution in [0, 0.1) is 12.7 Å². The molecule has 0 aliphatic heterocycles. The first-order chi connectivity index (χ1) is 13.4. The van der Waals surface area contributed by atoms with Crippen LogP contribution in [0.15, 0.2) is 22.7 Å². The molecule has 0 bridgehead atoms. The van der Waals surface area contributed by atoms with Gasteiger partial charge in [-0.25, -0.2) is 9.18 Å². The maximum atomic E-state index is 13.7. The largest absolute Gasteiger partial charge is 0.480 e. The molecule has 1 fully saturated rings. The molecule has 1 aliphatic rings. The molecule has 0 unspecified atom stereocenters. The van der Waals surface area contributed by atoms with E-state index in [2.05, 4.69) is 15.5 Å². The molecule has 1 aromatic heterocycles. The summed E-state index contributed by atoms with van der Waals surface area (Å²) in [6, 6.07) is 4.66. The molecule has 0 atom stereocenters. The van der Waals surface area contributed by atoms with Gasteiger partial charge in [0.1, 0.15) is 11.4 Å². The molecule has 3 rings (SSSR count). The Bertz CT molecular complexity index is 857. The predicted molar refractivity (Wildman–Crippen MR) is 99.0 cm³/mol. The number of carbonyl (C=O) groups is 2. The lowest BCUT2D eigenvalue weighted by molar-refractivity contribution is -0.148. The third-order valence-electron chi connectivity index (χ3n) is 5.21. The summed E-state index contributed by atoms with van der Waals surface area (Å²) in [7, 11) is 0. The van der Waals surface area contributed by atoms with Gasteiger partial charge in [-0.15, -0.1) is 0 Å². The number of carboxylic acids is 1. The Hall–Kier alpha value is -2.77. The van der Waals surface area contributed by atoms with Crippen molar-refractivity contribution < 1.29 is 23.6 Å². The Morgan fingerprint density at radius 2 is 1.96 bits per heavy atom. The second-order valence-corrected chi connectivity index (χ2v) is 7.33. The molecule has 1 amide bonds. The number of nitrogens with one attached hydrogen (secondary N) is 1. The number of aromatic nitrogens is 2. The zero-order chi connectivity index (χ0) is 20.1. The van der Waals surface area contributed by atoms with Crippen LogP contribution < -0.4 is 5.32 Å². The first-order valence-electron chi connectivity index (χ1n) is 9.53. The number of hydrogen-bond donors (Lipinski definition) is 2. The molecule has 1 aliphatic carbocycles. The minimum Gasteiger partial charge on any atom is -0.480 e. The fraction of sp³-hybridized carbons (Fsp3) is 0.500. The summed E-state index contributed by atoms with van der Waals surface area (Å²) in [4.78, 5) is 28.3. The molecule has 0 saturated heterocycles. The van der Waals surface area contributed by atoms with Crippen LogP contribution in [0.5, 0.6) is 0 Å². The zero-order valence-corrected chi connectivity index (χ0v) is 15.8. The molecular weight excluding hydrogens is 365 g/mol. The van der Waals surface area contributed by atoms with Gasteiger partial charge in [-0.2, -0.15) is 4.98 Å². The Balaban J connectivity index is 1.60. The van der Waals surface area contributed by atoms with Gasteiger partial charge in [-0.05, 0) is 31.4 Å². The van der Waals surface area contributed by atoms with Crippen LogP contribution in [0.1, 0.15) is 56.4 Å². The van der Waals surface area contributed by atoms with Gasteiger partial charge in [-0.1, -0.05) is 43.0 Å². The van der Waals surface area contributed by atoms with Crippen molar-refractivity contribution >= 4 is 11.9 Å². The highest BCUT2D eigenvalue weighted by Crippen LogP contribution is 2.28. The molecule has 0 spiro atoms. The quantitative estimate of drug-likeness (QED) is 0.734. The van der Waals surface area contributed by atoms with Gasteiger partial charge in [0.05, 0.1) is 0 Å². The first kappa shape index (κ1) is 20.0. The lowest BCUT2D eigenvalue weighted by atomic mass is 9.90. The van der Waals surface area contributed by atoms with E-state index in [0.717, 1.165) is 25.7 Å².